The summed E-state index contributed by atoms with van der Waals surface area (Å²) in [6, 6.07) is 5.13. The van der Waals surface area contributed by atoms with Crippen LogP contribution in [0.1, 0.15) is 84.1 Å². The zero-order chi connectivity index (χ0) is 30.9. The molecule has 2 fully saturated rings. The molecule has 0 bridgehead atoms. The lowest BCUT2D eigenvalue weighted by molar-refractivity contribution is -0.159. The second-order valence-electron chi connectivity index (χ2n) is 13.4. The highest BCUT2D eigenvalue weighted by Crippen LogP contribution is 2.57. The molecular weight excluding hydrogens is 568 g/mol. The molecule has 1 N–H and O–H groups in total. The van der Waals surface area contributed by atoms with Crippen molar-refractivity contribution in [3.63, 3.8) is 0 Å². The van der Waals surface area contributed by atoms with Crippen molar-refractivity contribution in [1.82, 2.24) is 9.88 Å². The minimum Gasteiger partial charge on any atom is -0.481 e. The number of nitrogens with zero attached hydrogens (tertiary/aromatic N) is 2. The van der Waals surface area contributed by atoms with Crippen LogP contribution < -0.4 is 4.74 Å². The summed E-state index contributed by atoms with van der Waals surface area (Å²) in [5.41, 5.74) is 0.114. The van der Waals surface area contributed by atoms with E-state index in [0.29, 0.717) is 18.0 Å². The number of Topliss-reactive ketones (excluding diaryl/α,β-unsaturated/α-hetero) is 1. The number of allylic oxidation sites excluding steroid dienone is 2. The van der Waals surface area contributed by atoms with E-state index in [1.54, 1.807) is 25.7 Å². The SMILES string of the molecule is Cc1ccc2nc(O[C@@H]3C[C@H]4C(=O)C[C@]5(C(=O)O)C[C@H]5/C=C\CCCCC[C@H](CC(=O)OC(C)(C)C)C(=O)N4C3)sc2c1. The summed E-state index contributed by atoms with van der Waals surface area (Å²) < 4.78 is 12.8. The Labute approximate surface area is 256 Å². The van der Waals surface area contributed by atoms with Crippen molar-refractivity contribution in [2.45, 2.75) is 103 Å². The Morgan fingerprint density at radius 3 is 2.72 bits per heavy atom. The minimum atomic E-state index is -1.14. The standard InChI is InChI=1S/C33H42N2O7S/c1-20-12-13-24-27(14-20)43-31(34-24)41-23-16-25-26(36)18-33(30(39)40)17-22(33)11-9-7-5-6-8-10-21(29(38)35(25)19-23)15-28(37)42-32(2,3)4/h9,11-14,21-23,25H,5-8,10,15-19H2,1-4H3,(H,39,40)/b11-9-/t21-,22-,23-,25+,33-/m1/s1. The highest BCUT2D eigenvalue weighted by molar-refractivity contribution is 7.20. The lowest BCUT2D eigenvalue weighted by atomic mass is 9.91. The summed E-state index contributed by atoms with van der Waals surface area (Å²) in [7, 11) is 0. The van der Waals surface area contributed by atoms with Gasteiger partial charge in [-0.1, -0.05) is 42.4 Å². The number of aliphatic carboxylic acids is 1. The van der Waals surface area contributed by atoms with Crippen molar-refractivity contribution in [2.75, 3.05) is 6.54 Å². The third-order valence-corrected chi connectivity index (χ3v) is 9.64. The van der Waals surface area contributed by atoms with Crippen LogP contribution in [0.5, 0.6) is 5.19 Å². The van der Waals surface area contributed by atoms with Crippen LogP contribution in [0, 0.1) is 24.2 Å². The molecule has 1 saturated carbocycles. The van der Waals surface area contributed by atoms with Gasteiger partial charge in [0.1, 0.15) is 11.7 Å². The number of hydrogen-bond acceptors (Lipinski definition) is 8. The van der Waals surface area contributed by atoms with Crippen molar-refractivity contribution in [1.29, 1.82) is 0 Å². The molecular formula is C33H42N2O7S. The first-order chi connectivity index (χ1) is 20.3. The number of carboxylic acid groups (broad SMARTS) is 1. The monoisotopic (exact) mass is 610 g/mol. The Kier molecular flexibility index (Phi) is 8.97. The Morgan fingerprint density at radius 2 is 1.98 bits per heavy atom. The molecule has 43 heavy (non-hydrogen) atoms. The molecule has 3 heterocycles. The number of ether oxygens (including phenoxy) is 2. The number of carbonyl (C=O) groups is 4. The third-order valence-electron chi connectivity index (χ3n) is 8.73. The van der Waals surface area contributed by atoms with E-state index < -0.39 is 41.0 Å². The number of aryl methyl sites for hydroxylation is 1. The second kappa shape index (κ2) is 12.4. The molecule has 0 unspecified atom stereocenters. The highest BCUT2D eigenvalue weighted by Gasteiger charge is 2.61. The molecule has 1 aromatic carbocycles. The van der Waals surface area contributed by atoms with E-state index in [2.05, 4.69) is 4.98 Å². The van der Waals surface area contributed by atoms with E-state index in [9.17, 15) is 24.3 Å². The first-order valence-corrected chi connectivity index (χ1v) is 16.2. The molecule has 1 aromatic heterocycles. The van der Waals surface area contributed by atoms with Gasteiger partial charge in [0.2, 0.25) is 5.91 Å². The fraction of sp³-hybridized carbons (Fsp3) is 0.606. The predicted molar refractivity (Wildman–Crippen MR) is 163 cm³/mol. The molecule has 2 aliphatic heterocycles. The number of amides is 1. The Bertz CT molecular complexity index is 1430. The maximum absolute atomic E-state index is 14.2. The van der Waals surface area contributed by atoms with Gasteiger partial charge in [0, 0.05) is 18.8 Å². The smallest absolute Gasteiger partial charge is 0.310 e. The number of benzene rings is 1. The van der Waals surface area contributed by atoms with Crippen LogP contribution in [-0.2, 0) is 23.9 Å². The van der Waals surface area contributed by atoms with Gasteiger partial charge in [-0.2, -0.15) is 0 Å². The summed E-state index contributed by atoms with van der Waals surface area (Å²) in [6.07, 6.45) is 7.77. The number of thiazole rings is 1. The quantitative estimate of drug-likeness (QED) is 0.329. The first kappa shape index (κ1) is 31.2. The summed E-state index contributed by atoms with van der Waals surface area (Å²) in [6.45, 7) is 7.55. The van der Waals surface area contributed by atoms with Crippen molar-refractivity contribution in [3.05, 3.63) is 35.9 Å². The molecule has 1 amide bonds. The topological polar surface area (TPSA) is 123 Å². The number of ketones is 1. The average molecular weight is 611 g/mol. The van der Waals surface area contributed by atoms with Crippen molar-refractivity contribution in [2.24, 2.45) is 17.3 Å². The predicted octanol–water partition coefficient (Wildman–Crippen LogP) is 5.87. The van der Waals surface area contributed by atoms with Gasteiger partial charge in [0.15, 0.2) is 5.78 Å². The molecule has 5 rings (SSSR count). The van der Waals surface area contributed by atoms with E-state index in [0.717, 1.165) is 41.5 Å². The van der Waals surface area contributed by atoms with Crippen LogP contribution in [0.25, 0.3) is 10.2 Å². The zero-order valence-corrected chi connectivity index (χ0v) is 26.3. The molecule has 0 radical (unpaired) electrons. The van der Waals surface area contributed by atoms with Gasteiger partial charge >= 0.3 is 11.9 Å². The number of hydrogen-bond donors (Lipinski definition) is 1. The van der Waals surface area contributed by atoms with Crippen molar-refractivity contribution >= 4 is 45.2 Å². The summed E-state index contributed by atoms with van der Waals surface area (Å²) in [5.74, 6) is -2.81. The molecule has 0 spiro atoms. The van der Waals surface area contributed by atoms with Gasteiger partial charge in [-0.15, -0.1) is 0 Å². The second-order valence-corrected chi connectivity index (χ2v) is 14.4. The molecule has 1 saturated heterocycles. The molecule has 9 nitrogen and oxygen atoms in total. The molecule has 3 aliphatic rings. The minimum absolute atomic E-state index is 0.0721. The first-order valence-electron chi connectivity index (χ1n) is 15.3. The molecule has 5 atom stereocenters. The van der Waals surface area contributed by atoms with E-state index in [1.807, 2.05) is 37.3 Å². The summed E-state index contributed by atoms with van der Waals surface area (Å²) in [4.78, 5) is 59.4. The Morgan fingerprint density at radius 1 is 1.19 bits per heavy atom. The molecule has 232 valence electrons. The van der Waals surface area contributed by atoms with Crippen LogP contribution in [0.4, 0.5) is 0 Å². The third kappa shape index (κ3) is 7.28. The van der Waals surface area contributed by atoms with Gasteiger partial charge < -0.3 is 19.5 Å². The van der Waals surface area contributed by atoms with E-state index >= 15 is 0 Å². The zero-order valence-electron chi connectivity index (χ0n) is 25.5. The Balaban J connectivity index is 1.42. The van der Waals surface area contributed by atoms with Crippen LogP contribution in [0.15, 0.2) is 30.4 Å². The number of esters is 1. The Hall–Kier alpha value is -3.27. The van der Waals surface area contributed by atoms with Crippen LogP contribution in [0.2, 0.25) is 0 Å². The fourth-order valence-electron chi connectivity index (χ4n) is 6.40. The number of rotatable bonds is 5. The maximum atomic E-state index is 14.2. The van der Waals surface area contributed by atoms with E-state index in [4.69, 9.17) is 9.47 Å². The number of carbonyl (C=O) groups excluding carboxylic acids is 3. The van der Waals surface area contributed by atoms with Crippen LogP contribution in [0.3, 0.4) is 0 Å². The van der Waals surface area contributed by atoms with Crippen LogP contribution in [-0.4, -0.2) is 62.9 Å². The molecule has 10 heteroatoms. The van der Waals surface area contributed by atoms with E-state index in [-0.39, 0.29) is 43.4 Å². The highest BCUT2D eigenvalue weighted by atomic mass is 32.1. The van der Waals surface area contributed by atoms with Crippen molar-refractivity contribution < 1.29 is 33.8 Å². The number of carboxylic acids is 1. The summed E-state index contributed by atoms with van der Waals surface area (Å²) in [5, 5.41) is 10.6. The van der Waals surface area contributed by atoms with Gasteiger partial charge in [0.25, 0.3) is 5.19 Å². The lowest BCUT2D eigenvalue weighted by Crippen LogP contribution is -2.45. The fourth-order valence-corrected chi connectivity index (χ4v) is 7.38. The number of fused-ring (bicyclic) bond motifs is 3. The molecule has 2 aromatic rings. The van der Waals surface area contributed by atoms with Crippen LogP contribution >= 0.6 is 11.3 Å². The van der Waals surface area contributed by atoms with Gasteiger partial charge in [0.05, 0.1) is 34.6 Å². The normalized spacial score (nSPS) is 29.3. The van der Waals surface area contributed by atoms with Gasteiger partial charge in [-0.05, 0) is 77.0 Å². The maximum Gasteiger partial charge on any atom is 0.310 e. The lowest BCUT2D eigenvalue weighted by Gasteiger charge is -2.29. The number of aromatic nitrogens is 1. The average Bonchev–Trinajstić information content (AvgIpc) is 3.23. The van der Waals surface area contributed by atoms with Gasteiger partial charge in [-0.25, -0.2) is 4.98 Å². The van der Waals surface area contributed by atoms with Crippen molar-refractivity contribution in [3.8, 4) is 5.19 Å². The molecule has 1 aliphatic carbocycles. The summed E-state index contributed by atoms with van der Waals surface area (Å²) >= 11 is 1.42. The van der Waals surface area contributed by atoms with E-state index in [1.165, 1.54) is 11.3 Å². The van der Waals surface area contributed by atoms with Gasteiger partial charge in [-0.3, -0.25) is 19.2 Å². The largest absolute Gasteiger partial charge is 0.481 e.